The summed E-state index contributed by atoms with van der Waals surface area (Å²) in [6.07, 6.45) is 8.37. The zero-order valence-electron chi connectivity index (χ0n) is 9.56. The molecule has 2 heterocycles. The zero-order valence-corrected chi connectivity index (χ0v) is 9.56. The third-order valence-corrected chi connectivity index (χ3v) is 3.25. The second-order valence-electron chi connectivity index (χ2n) is 4.37. The smallest absolute Gasteiger partial charge is 0.154 e. The zero-order chi connectivity index (χ0) is 11.7. The lowest BCUT2D eigenvalue weighted by Gasteiger charge is -2.16. The standard InChI is InChI=1S/C14H13N3/c15-10-12-9-11-5-1-2-6-13(11)16-14(12)17-7-3-4-8-17/h3-4,7-9H,1-2,5-6H2. The number of aromatic nitrogens is 2. The van der Waals surface area contributed by atoms with Crippen LogP contribution in [0.3, 0.4) is 0 Å². The van der Waals surface area contributed by atoms with Crippen molar-refractivity contribution in [3.8, 4) is 11.9 Å². The van der Waals surface area contributed by atoms with E-state index in [1.54, 1.807) is 0 Å². The molecule has 2 aromatic rings. The molecule has 0 N–H and O–H groups in total. The van der Waals surface area contributed by atoms with Crippen molar-refractivity contribution >= 4 is 0 Å². The minimum absolute atomic E-state index is 0.668. The maximum Gasteiger partial charge on any atom is 0.154 e. The van der Waals surface area contributed by atoms with Gasteiger partial charge in [-0.15, -0.1) is 0 Å². The molecule has 0 saturated heterocycles. The number of hydrogen-bond donors (Lipinski definition) is 0. The van der Waals surface area contributed by atoms with E-state index in [1.807, 2.05) is 35.2 Å². The Hall–Kier alpha value is -2.08. The van der Waals surface area contributed by atoms with E-state index in [0.717, 1.165) is 18.7 Å². The fourth-order valence-electron chi connectivity index (χ4n) is 2.38. The summed E-state index contributed by atoms with van der Waals surface area (Å²) in [5, 5.41) is 9.22. The number of nitrogens with zero attached hydrogens (tertiary/aromatic N) is 3. The molecule has 0 spiro atoms. The molecule has 0 unspecified atom stereocenters. The number of nitriles is 1. The molecule has 0 amide bonds. The number of rotatable bonds is 1. The van der Waals surface area contributed by atoms with E-state index in [2.05, 4.69) is 11.1 Å². The Morgan fingerprint density at radius 1 is 1.18 bits per heavy atom. The first-order chi connectivity index (χ1) is 8.38. The fourth-order valence-corrected chi connectivity index (χ4v) is 2.38. The maximum absolute atomic E-state index is 9.22. The average molecular weight is 223 g/mol. The van der Waals surface area contributed by atoms with Gasteiger partial charge in [0, 0.05) is 18.1 Å². The lowest BCUT2D eigenvalue weighted by Crippen LogP contribution is -2.10. The van der Waals surface area contributed by atoms with Crippen molar-refractivity contribution < 1.29 is 0 Å². The number of aryl methyl sites for hydroxylation is 2. The Morgan fingerprint density at radius 3 is 2.71 bits per heavy atom. The third-order valence-electron chi connectivity index (χ3n) is 3.25. The monoisotopic (exact) mass is 223 g/mol. The van der Waals surface area contributed by atoms with E-state index in [9.17, 15) is 5.26 Å². The number of pyridine rings is 1. The summed E-state index contributed by atoms with van der Waals surface area (Å²) in [5.74, 6) is 0.762. The average Bonchev–Trinajstić information content (AvgIpc) is 2.91. The minimum atomic E-state index is 0.668. The predicted molar refractivity (Wildman–Crippen MR) is 64.9 cm³/mol. The van der Waals surface area contributed by atoms with Gasteiger partial charge >= 0.3 is 0 Å². The summed E-state index contributed by atoms with van der Waals surface area (Å²) < 4.78 is 1.91. The van der Waals surface area contributed by atoms with E-state index in [4.69, 9.17) is 0 Å². The highest BCUT2D eigenvalue weighted by atomic mass is 15.0. The molecule has 3 nitrogen and oxygen atoms in total. The van der Waals surface area contributed by atoms with Gasteiger partial charge < -0.3 is 4.57 Å². The van der Waals surface area contributed by atoms with Gasteiger partial charge in [0.05, 0.1) is 5.56 Å². The predicted octanol–water partition coefficient (Wildman–Crippen LogP) is 2.62. The van der Waals surface area contributed by atoms with Gasteiger partial charge in [0.15, 0.2) is 5.82 Å². The molecule has 0 saturated carbocycles. The van der Waals surface area contributed by atoms with Gasteiger partial charge in [-0.2, -0.15) is 5.26 Å². The van der Waals surface area contributed by atoms with Gasteiger partial charge in [-0.3, -0.25) is 0 Å². The highest BCUT2D eigenvalue weighted by Gasteiger charge is 2.15. The van der Waals surface area contributed by atoms with Crippen LogP contribution in [0.5, 0.6) is 0 Å². The van der Waals surface area contributed by atoms with Gasteiger partial charge in [-0.1, -0.05) is 0 Å². The van der Waals surface area contributed by atoms with E-state index < -0.39 is 0 Å². The summed E-state index contributed by atoms with van der Waals surface area (Å²) in [7, 11) is 0. The van der Waals surface area contributed by atoms with E-state index >= 15 is 0 Å². The van der Waals surface area contributed by atoms with Crippen molar-refractivity contribution in [2.24, 2.45) is 0 Å². The van der Waals surface area contributed by atoms with Crippen molar-refractivity contribution in [3.63, 3.8) is 0 Å². The Bertz CT molecular complexity index is 576. The molecule has 0 fully saturated rings. The van der Waals surface area contributed by atoms with Crippen LogP contribution in [-0.4, -0.2) is 9.55 Å². The lowest BCUT2D eigenvalue weighted by molar-refractivity contribution is 0.664. The SMILES string of the molecule is N#Cc1cc2c(nc1-n1cccc1)CCCC2. The topological polar surface area (TPSA) is 41.6 Å². The van der Waals surface area contributed by atoms with E-state index in [-0.39, 0.29) is 0 Å². The summed E-state index contributed by atoms with van der Waals surface area (Å²) in [5.41, 5.74) is 3.09. The first-order valence-electron chi connectivity index (χ1n) is 5.95. The van der Waals surface area contributed by atoms with Gasteiger partial charge in [-0.05, 0) is 49.4 Å². The van der Waals surface area contributed by atoms with Gasteiger partial charge in [0.1, 0.15) is 6.07 Å². The van der Waals surface area contributed by atoms with Crippen molar-refractivity contribution in [2.45, 2.75) is 25.7 Å². The quantitative estimate of drug-likeness (QED) is 0.745. The molecular weight excluding hydrogens is 210 g/mol. The van der Waals surface area contributed by atoms with Crippen LogP contribution in [0.25, 0.3) is 5.82 Å². The lowest BCUT2D eigenvalue weighted by atomic mass is 9.95. The Kier molecular flexibility index (Phi) is 2.41. The minimum Gasteiger partial charge on any atom is -0.308 e. The largest absolute Gasteiger partial charge is 0.308 e. The summed E-state index contributed by atoms with van der Waals surface area (Å²) in [6.45, 7) is 0. The molecule has 0 aromatic carbocycles. The van der Waals surface area contributed by atoms with Crippen LogP contribution < -0.4 is 0 Å². The second kappa shape index (κ2) is 4.06. The van der Waals surface area contributed by atoms with Gasteiger partial charge in [0.25, 0.3) is 0 Å². The van der Waals surface area contributed by atoms with Crippen LogP contribution in [-0.2, 0) is 12.8 Å². The molecular formula is C14H13N3. The molecule has 84 valence electrons. The number of fused-ring (bicyclic) bond motifs is 1. The molecule has 0 radical (unpaired) electrons. The van der Waals surface area contributed by atoms with Gasteiger partial charge in [-0.25, -0.2) is 4.98 Å². The number of hydrogen-bond acceptors (Lipinski definition) is 2. The Morgan fingerprint density at radius 2 is 1.94 bits per heavy atom. The Labute approximate surface area is 100 Å². The first-order valence-corrected chi connectivity index (χ1v) is 5.95. The van der Waals surface area contributed by atoms with Crippen LogP contribution in [0.15, 0.2) is 30.6 Å². The maximum atomic E-state index is 9.22. The highest BCUT2D eigenvalue weighted by Crippen LogP contribution is 2.23. The van der Waals surface area contributed by atoms with Crippen molar-refractivity contribution in [1.29, 1.82) is 5.26 Å². The van der Waals surface area contributed by atoms with E-state index in [0.29, 0.717) is 5.56 Å². The van der Waals surface area contributed by atoms with Crippen LogP contribution in [0.2, 0.25) is 0 Å². The molecule has 3 rings (SSSR count). The third kappa shape index (κ3) is 1.72. The molecule has 3 heteroatoms. The normalized spacial score (nSPS) is 14.1. The fraction of sp³-hybridized carbons (Fsp3) is 0.286. The molecule has 0 bridgehead atoms. The molecule has 0 aliphatic heterocycles. The Balaban J connectivity index is 2.18. The molecule has 17 heavy (non-hydrogen) atoms. The molecule has 1 aliphatic carbocycles. The van der Waals surface area contributed by atoms with Crippen molar-refractivity contribution in [2.75, 3.05) is 0 Å². The van der Waals surface area contributed by atoms with Gasteiger partial charge in [0.2, 0.25) is 0 Å². The van der Waals surface area contributed by atoms with Crippen LogP contribution in [0, 0.1) is 11.3 Å². The molecule has 2 aromatic heterocycles. The van der Waals surface area contributed by atoms with E-state index in [1.165, 1.54) is 24.1 Å². The van der Waals surface area contributed by atoms with Crippen molar-refractivity contribution in [3.05, 3.63) is 47.4 Å². The molecule has 0 atom stereocenters. The van der Waals surface area contributed by atoms with Crippen LogP contribution >= 0.6 is 0 Å². The molecule has 1 aliphatic rings. The van der Waals surface area contributed by atoms with Crippen molar-refractivity contribution in [1.82, 2.24) is 9.55 Å². The summed E-state index contributed by atoms with van der Waals surface area (Å²) >= 11 is 0. The highest BCUT2D eigenvalue weighted by molar-refractivity contribution is 5.48. The second-order valence-corrected chi connectivity index (χ2v) is 4.37. The summed E-state index contributed by atoms with van der Waals surface area (Å²) in [4.78, 5) is 4.67. The van der Waals surface area contributed by atoms with Crippen LogP contribution in [0.1, 0.15) is 29.7 Å². The summed E-state index contributed by atoms with van der Waals surface area (Å²) in [6, 6.07) is 8.15. The first kappa shape index (κ1) is 10.1. The van der Waals surface area contributed by atoms with Crippen LogP contribution in [0.4, 0.5) is 0 Å².